The number of amides is 1. The van der Waals surface area contributed by atoms with Gasteiger partial charge in [0.05, 0.1) is 13.2 Å². The van der Waals surface area contributed by atoms with Crippen LogP contribution in [0.4, 0.5) is 11.4 Å². The van der Waals surface area contributed by atoms with Gasteiger partial charge in [0.2, 0.25) is 5.91 Å². The zero-order chi connectivity index (χ0) is 18.0. The van der Waals surface area contributed by atoms with Crippen molar-refractivity contribution in [2.24, 2.45) is 0 Å². The van der Waals surface area contributed by atoms with Gasteiger partial charge in [-0.2, -0.15) is 0 Å². The second-order valence-corrected chi connectivity index (χ2v) is 5.88. The zero-order valence-electron chi connectivity index (χ0n) is 14.5. The molecule has 1 amide bonds. The van der Waals surface area contributed by atoms with Crippen LogP contribution in [0.15, 0.2) is 84.9 Å². The maximum Gasteiger partial charge on any atom is 0.243 e. The van der Waals surface area contributed by atoms with Crippen molar-refractivity contribution in [3.8, 4) is 5.75 Å². The Hall–Kier alpha value is -3.27. The first-order valence-electron chi connectivity index (χ1n) is 8.65. The molecular formula is C22H22N2O2. The quantitative estimate of drug-likeness (QED) is 0.637. The standard InChI is InChI=1S/C22H22N2O2/c25-22(17-23-19-10-5-2-6-11-19)24-20-12-7-13-21(16-20)26-15-14-18-8-3-1-4-9-18/h1-13,16,23H,14-15,17H2,(H,24,25). The fourth-order valence-corrected chi connectivity index (χ4v) is 2.54. The Kier molecular flexibility index (Phi) is 6.26. The van der Waals surface area contributed by atoms with E-state index < -0.39 is 0 Å². The van der Waals surface area contributed by atoms with Gasteiger partial charge in [0, 0.05) is 23.9 Å². The fraction of sp³-hybridized carbons (Fsp3) is 0.136. The molecular weight excluding hydrogens is 324 g/mol. The summed E-state index contributed by atoms with van der Waals surface area (Å²) in [7, 11) is 0. The Morgan fingerprint density at radius 2 is 1.50 bits per heavy atom. The van der Waals surface area contributed by atoms with Crippen molar-refractivity contribution in [2.75, 3.05) is 23.8 Å². The van der Waals surface area contributed by atoms with Gasteiger partial charge in [-0.3, -0.25) is 4.79 Å². The second kappa shape index (κ2) is 9.28. The van der Waals surface area contributed by atoms with Crippen molar-refractivity contribution in [1.82, 2.24) is 0 Å². The molecule has 0 aromatic heterocycles. The third-order valence-corrected chi connectivity index (χ3v) is 3.85. The SMILES string of the molecule is O=C(CNc1ccccc1)Nc1cccc(OCCc2ccccc2)c1. The maximum atomic E-state index is 12.1. The van der Waals surface area contributed by atoms with Crippen molar-refractivity contribution in [3.63, 3.8) is 0 Å². The number of para-hydroxylation sites is 1. The topological polar surface area (TPSA) is 50.4 Å². The van der Waals surface area contributed by atoms with Gasteiger partial charge in [-0.1, -0.05) is 54.6 Å². The Bertz CT molecular complexity index is 820. The molecule has 26 heavy (non-hydrogen) atoms. The molecule has 0 heterocycles. The van der Waals surface area contributed by atoms with Gasteiger partial charge in [0.25, 0.3) is 0 Å². The number of anilines is 2. The van der Waals surface area contributed by atoms with Gasteiger partial charge in [0.1, 0.15) is 5.75 Å². The molecule has 0 saturated carbocycles. The van der Waals surface area contributed by atoms with Crippen LogP contribution in [-0.2, 0) is 11.2 Å². The highest BCUT2D eigenvalue weighted by Crippen LogP contribution is 2.17. The van der Waals surface area contributed by atoms with Gasteiger partial charge >= 0.3 is 0 Å². The van der Waals surface area contributed by atoms with Crippen LogP contribution in [0, 0.1) is 0 Å². The molecule has 0 radical (unpaired) electrons. The summed E-state index contributed by atoms with van der Waals surface area (Å²) >= 11 is 0. The lowest BCUT2D eigenvalue weighted by Crippen LogP contribution is -2.21. The predicted molar refractivity (Wildman–Crippen MR) is 106 cm³/mol. The molecule has 0 bridgehead atoms. The van der Waals surface area contributed by atoms with E-state index in [0.717, 1.165) is 23.5 Å². The Labute approximate surface area is 153 Å². The largest absolute Gasteiger partial charge is 0.493 e. The summed E-state index contributed by atoms with van der Waals surface area (Å²) in [6, 6.07) is 27.3. The molecule has 3 aromatic carbocycles. The molecule has 0 fully saturated rings. The second-order valence-electron chi connectivity index (χ2n) is 5.88. The lowest BCUT2D eigenvalue weighted by molar-refractivity contribution is -0.114. The van der Waals surface area contributed by atoms with Crippen LogP contribution in [0.3, 0.4) is 0 Å². The maximum absolute atomic E-state index is 12.1. The van der Waals surface area contributed by atoms with Gasteiger partial charge in [-0.25, -0.2) is 0 Å². The minimum Gasteiger partial charge on any atom is -0.493 e. The van der Waals surface area contributed by atoms with E-state index in [4.69, 9.17) is 4.74 Å². The normalized spacial score (nSPS) is 10.2. The molecule has 0 spiro atoms. The van der Waals surface area contributed by atoms with Crippen molar-refractivity contribution in [1.29, 1.82) is 0 Å². The first-order valence-corrected chi connectivity index (χ1v) is 8.65. The molecule has 0 saturated heterocycles. The van der Waals surface area contributed by atoms with Crippen LogP contribution in [0.25, 0.3) is 0 Å². The third-order valence-electron chi connectivity index (χ3n) is 3.85. The van der Waals surface area contributed by atoms with E-state index in [9.17, 15) is 4.79 Å². The number of benzene rings is 3. The molecule has 4 heteroatoms. The van der Waals surface area contributed by atoms with Crippen LogP contribution >= 0.6 is 0 Å². The minimum atomic E-state index is -0.102. The van der Waals surface area contributed by atoms with E-state index in [1.165, 1.54) is 5.56 Å². The van der Waals surface area contributed by atoms with E-state index in [1.54, 1.807) is 0 Å². The van der Waals surface area contributed by atoms with Crippen LogP contribution in [0.1, 0.15) is 5.56 Å². The van der Waals surface area contributed by atoms with Crippen molar-refractivity contribution in [2.45, 2.75) is 6.42 Å². The lowest BCUT2D eigenvalue weighted by Gasteiger charge is -2.10. The van der Waals surface area contributed by atoms with E-state index in [1.807, 2.05) is 72.8 Å². The van der Waals surface area contributed by atoms with Crippen LogP contribution < -0.4 is 15.4 Å². The lowest BCUT2D eigenvalue weighted by atomic mass is 10.2. The van der Waals surface area contributed by atoms with Gasteiger partial charge < -0.3 is 15.4 Å². The van der Waals surface area contributed by atoms with Crippen LogP contribution in [0.5, 0.6) is 5.75 Å². The highest BCUT2D eigenvalue weighted by atomic mass is 16.5. The predicted octanol–water partition coefficient (Wildman–Crippen LogP) is 4.36. The number of ether oxygens (including phenoxy) is 1. The molecule has 0 aliphatic heterocycles. The fourth-order valence-electron chi connectivity index (χ4n) is 2.54. The van der Waals surface area contributed by atoms with Crippen LogP contribution in [0.2, 0.25) is 0 Å². The van der Waals surface area contributed by atoms with Crippen LogP contribution in [-0.4, -0.2) is 19.1 Å². The van der Waals surface area contributed by atoms with Gasteiger partial charge in [-0.05, 0) is 29.8 Å². The molecule has 3 rings (SSSR count). The summed E-state index contributed by atoms with van der Waals surface area (Å²) in [5.41, 5.74) is 2.88. The monoisotopic (exact) mass is 346 g/mol. The minimum absolute atomic E-state index is 0.102. The number of rotatable bonds is 8. The molecule has 132 valence electrons. The molecule has 0 aliphatic rings. The Morgan fingerprint density at radius 3 is 2.27 bits per heavy atom. The number of carbonyl (C=O) groups is 1. The summed E-state index contributed by atoms with van der Waals surface area (Å²) in [5.74, 6) is 0.644. The Morgan fingerprint density at radius 1 is 0.808 bits per heavy atom. The Balaban J connectivity index is 1.46. The zero-order valence-corrected chi connectivity index (χ0v) is 14.5. The van der Waals surface area contributed by atoms with Gasteiger partial charge in [0.15, 0.2) is 0 Å². The molecule has 4 nitrogen and oxygen atoms in total. The van der Waals surface area contributed by atoms with Gasteiger partial charge in [-0.15, -0.1) is 0 Å². The smallest absolute Gasteiger partial charge is 0.243 e. The molecule has 3 aromatic rings. The first-order chi connectivity index (χ1) is 12.8. The number of carbonyl (C=O) groups excluding carboxylic acids is 1. The van der Waals surface area contributed by atoms with Crippen molar-refractivity contribution in [3.05, 3.63) is 90.5 Å². The summed E-state index contributed by atoms with van der Waals surface area (Å²) in [4.78, 5) is 12.1. The van der Waals surface area contributed by atoms with E-state index in [2.05, 4.69) is 22.8 Å². The molecule has 0 aliphatic carbocycles. The third kappa shape index (κ3) is 5.67. The average Bonchev–Trinajstić information content (AvgIpc) is 2.68. The van der Waals surface area contributed by atoms with Crippen molar-refractivity contribution < 1.29 is 9.53 Å². The summed E-state index contributed by atoms with van der Waals surface area (Å²) in [6.45, 7) is 0.806. The molecule has 2 N–H and O–H groups in total. The molecule has 0 unspecified atom stereocenters. The number of hydrogen-bond acceptors (Lipinski definition) is 3. The first kappa shape index (κ1) is 17.5. The summed E-state index contributed by atoms with van der Waals surface area (Å²) < 4.78 is 5.79. The highest BCUT2D eigenvalue weighted by molar-refractivity contribution is 5.93. The van der Waals surface area contributed by atoms with E-state index in [-0.39, 0.29) is 12.5 Å². The number of hydrogen-bond donors (Lipinski definition) is 2. The molecule has 0 atom stereocenters. The van der Waals surface area contributed by atoms with E-state index in [0.29, 0.717) is 6.61 Å². The average molecular weight is 346 g/mol. The highest BCUT2D eigenvalue weighted by Gasteiger charge is 2.04. The summed E-state index contributed by atoms with van der Waals surface area (Å²) in [5, 5.41) is 5.97. The number of nitrogens with one attached hydrogen (secondary N) is 2. The van der Waals surface area contributed by atoms with Crippen molar-refractivity contribution >= 4 is 17.3 Å². The van der Waals surface area contributed by atoms with E-state index >= 15 is 0 Å². The summed E-state index contributed by atoms with van der Waals surface area (Å²) in [6.07, 6.45) is 0.846.